The molecule has 1 N–H and O–H groups in total. The Labute approximate surface area is 315 Å². The highest BCUT2D eigenvalue weighted by atomic mass is 28.4. The summed E-state index contributed by atoms with van der Waals surface area (Å²) in [7, 11) is -2.67. The van der Waals surface area contributed by atoms with Gasteiger partial charge in [0.05, 0.1) is 13.7 Å². The summed E-state index contributed by atoms with van der Waals surface area (Å²) in [4.78, 5) is 12.9. The molecule has 0 heterocycles. The molecule has 0 atom stereocenters. The van der Waals surface area contributed by atoms with Gasteiger partial charge in [0.2, 0.25) is 16.6 Å². The monoisotopic (exact) mass is 739 g/mol. The number of benzene rings is 1. The number of rotatable bonds is 20. The number of ether oxygens (including phenoxy) is 1. The third-order valence-corrected chi connectivity index (χ3v) is 19.3. The molecule has 1 aromatic carbocycles. The van der Waals surface area contributed by atoms with Gasteiger partial charge >= 0.3 is 5.97 Å². The van der Waals surface area contributed by atoms with Gasteiger partial charge in [-0.05, 0) is 140 Å². The Kier molecular flexibility index (Phi) is 19.3. The van der Waals surface area contributed by atoms with E-state index in [9.17, 15) is 4.79 Å². The van der Waals surface area contributed by atoms with Crippen molar-refractivity contribution in [2.24, 2.45) is 0 Å². The summed E-state index contributed by atoms with van der Waals surface area (Å²) in [5.74, 6) is 1.46. The van der Waals surface area contributed by atoms with Crippen molar-refractivity contribution < 1.29 is 23.5 Å². The Morgan fingerprint density at radius 3 is 1.53 bits per heavy atom. The molecule has 0 aliphatic rings. The number of aliphatic hydroxyl groups is 1. The molecule has 1 aromatic rings. The van der Waals surface area contributed by atoms with Crippen LogP contribution in [0.1, 0.15) is 126 Å². The minimum Gasteiger partial charge on any atom is -0.543 e. The molecule has 5 nitrogen and oxygen atoms in total. The van der Waals surface area contributed by atoms with E-state index >= 15 is 0 Å². The summed E-state index contributed by atoms with van der Waals surface area (Å²) in [5.41, 5.74) is 6.93. The van der Waals surface area contributed by atoms with Gasteiger partial charge < -0.3 is 18.7 Å². The molecule has 0 spiro atoms. The van der Waals surface area contributed by atoms with Gasteiger partial charge in [-0.3, -0.25) is 0 Å². The first-order valence-corrected chi connectivity index (χ1v) is 24.9. The molecule has 0 saturated heterocycles. The van der Waals surface area contributed by atoms with Gasteiger partial charge in [0, 0.05) is 11.1 Å². The summed E-state index contributed by atoms with van der Waals surface area (Å²) in [6.07, 6.45) is 19.3. The van der Waals surface area contributed by atoms with E-state index in [1.807, 2.05) is 19.1 Å². The Morgan fingerprint density at radius 2 is 1.10 bits per heavy atom. The second kappa shape index (κ2) is 21.2. The highest BCUT2D eigenvalue weighted by molar-refractivity contribution is 6.75. The largest absolute Gasteiger partial charge is 0.543 e. The van der Waals surface area contributed by atoms with E-state index in [0.717, 1.165) is 67.6 Å². The number of hydrogen-bond acceptors (Lipinski definition) is 5. The second-order valence-electron chi connectivity index (χ2n) is 17.4. The number of allylic oxidation sites excluding steroid dienone is 8. The van der Waals surface area contributed by atoms with Crippen molar-refractivity contribution in [3.8, 4) is 11.5 Å². The first kappa shape index (κ1) is 46.4. The third-order valence-electron chi connectivity index (χ3n) is 10.6. The average Bonchev–Trinajstić information content (AvgIpc) is 3.01. The van der Waals surface area contributed by atoms with Gasteiger partial charge in [-0.2, -0.15) is 0 Å². The lowest BCUT2D eigenvalue weighted by molar-refractivity contribution is -0.136. The number of carbonyl (C=O) groups is 1. The van der Waals surface area contributed by atoms with E-state index in [-0.39, 0.29) is 22.7 Å². The number of methoxy groups -OCH3 is 1. The lowest BCUT2D eigenvalue weighted by Gasteiger charge is -2.38. The molecule has 7 heteroatoms. The lowest BCUT2D eigenvalue weighted by Crippen LogP contribution is -2.44. The zero-order chi connectivity index (χ0) is 39.0. The Balaban J connectivity index is 3.01. The first-order valence-electron chi connectivity index (χ1n) is 19.0. The molecule has 1 rings (SSSR count). The maximum absolute atomic E-state index is 12.9. The molecule has 0 fully saturated rings. The zero-order valence-electron chi connectivity index (χ0n) is 35.3. The first-order chi connectivity index (χ1) is 23.5. The van der Waals surface area contributed by atoms with Crippen LogP contribution in [0.15, 0.2) is 76.4 Å². The fourth-order valence-corrected chi connectivity index (χ4v) is 6.97. The van der Waals surface area contributed by atoms with Gasteiger partial charge in [-0.15, -0.1) is 0 Å². The number of esters is 1. The number of hydrogen-bond donors (Lipinski definition) is 1. The molecule has 0 amide bonds. The van der Waals surface area contributed by atoms with E-state index < -0.39 is 16.6 Å². The van der Waals surface area contributed by atoms with Crippen LogP contribution in [0.3, 0.4) is 0 Å². The minimum absolute atomic E-state index is 0.0571. The van der Waals surface area contributed by atoms with E-state index in [2.05, 4.69) is 125 Å². The van der Waals surface area contributed by atoms with Crippen molar-refractivity contribution in [2.75, 3.05) is 13.7 Å². The van der Waals surface area contributed by atoms with Crippen molar-refractivity contribution in [1.82, 2.24) is 0 Å². The fourth-order valence-electron chi connectivity index (χ4n) is 4.89. The zero-order valence-corrected chi connectivity index (χ0v) is 37.3. The predicted octanol–water partition coefficient (Wildman–Crippen LogP) is 13.0. The molecule has 0 aliphatic carbocycles. The lowest BCUT2D eigenvalue weighted by atomic mass is 10.0. The highest BCUT2D eigenvalue weighted by Crippen LogP contribution is 2.41. The summed E-state index contributed by atoms with van der Waals surface area (Å²) in [5, 5.41) is 9.28. The standard InChI is InChI=1S/C44H74O5Si2/c1-34(20-16-22-35(2)24-18-26-37(4)33-45)21-17-23-36(3)25-19-27-38(42(46)47-11)28-29-39-32-40(48-50(12,13)43(5,6)7)30-31-41(39)49-51(14,15)44(8,9)10/h21-22,25-26,28,30-32,45H,16-20,23-24,27,29,33H2,1-15H3/b34-21+,35-22+,36-25+,37-26+,38-28?. The molecule has 0 bridgehead atoms. The van der Waals surface area contributed by atoms with Crippen molar-refractivity contribution >= 4 is 22.6 Å². The van der Waals surface area contributed by atoms with Gasteiger partial charge in [-0.25, -0.2) is 4.79 Å². The molecule has 0 aliphatic heterocycles. The van der Waals surface area contributed by atoms with Crippen LogP contribution in [0.5, 0.6) is 11.5 Å². The Morgan fingerprint density at radius 1 is 0.667 bits per heavy atom. The normalized spacial score (nSPS) is 14.5. The van der Waals surface area contributed by atoms with Gasteiger partial charge in [0.15, 0.2) is 0 Å². The smallest absolute Gasteiger partial charge is 0.333 e. The fraction of sp³-hybridized carbons (Fsp3) is 0.614. The maximum atomic E-state index is 12.9. The molecule has 51 heavy (non-hydrogen) atoms. The Bertz CT molecular complexity index is 1410. The average molecular weight is 739 g/mol. The predicted molar refractivity (Wildman–Crippen MR) is 225 cm³/mol. The quantitative estimate of drug-likeness (QED) is 0.0624. The second-order valence-corrected chi connectivity index (χ2v) is 26.9. The van der Waals surface area contributed by atoms with Gasteiger partial charge in [-0.1, -0.05) is 94.2 Å². The van der Waals surface area contributed by atoms with Crippen LogP contribution in [0.4, 0.5) is 0 Å². The maximum Gasteiger partial charge on any atom is 0.333 e. The summed E-state index contributed by atoms with van der Waals surface area (Å²) < 4.78 is 18.7. The topological polar surface area (TPSA) is 65.0 Å². The van der Waals surface area contributed by atoms with E-state index in [1.54, 1.807) is 0 Å². The molecule has 0 saturated carbocycles. The van der Waals surface area contributed by atoms with Gasteiger partial charge in [0.25, 0.3) is 0 Å². The summed E-state index contributed by atoms with van der Waals surface area (Å²) in [6, 6.07) is 6.22. The van der Waals surface area contributed by atoms with E-state index in [4.69, 9.17) is 18.7 Å². The van der Waals surface area contributed by atoms with E-state index in [0.29, 0.717) is 18.4 Å². The number of aliphatic hydroxyl groups excluding tert-OH is 1. The Hall–Kier alpha value is -2.62. The van der Waals surface area contributed by atoms with Crippen LogP contribution in [0, 0.1) is 0 Å². The molecule has 0 aromatic heterocycles. The van der Waals surface area contributed by atoms with Crippen LogP contribution in [0.25, 0.3) is 0 Å². The SMILES string of the molecule is COC(=O)C(=CCc1cc(O[Si](C)(C)C(C)(C)C)ccc1O[Si](C)(C)C(C)(C)C)CC/C=C(\C)CC/C=C(\C)CC/C=C(\C)CC/C=C(\C)CO. The highest BCUT2D eigenvalue weighted by Gasteiger charge is 2.40. The third kappa shape index (κ3) is 17.2. The molecular formula is C44H74O5Si2. The molecule has 288 valence electrons. The van der Waals surface area contributed by atoms with Crippen LogP contribution >= 0.6 is 0 Å². The minimum atomic E-state index is -2.10. The molecule has 0 unspecified atom stereocenters. The van der Waals surface area contributed by atoms with Crippen molar-refractivity contribution in [1.29, 1.82) is 0 Å². The van der Waals surface area contributed by atoms with Gasteiger partial charge in [0.1, 0.15) is 11.5 Å². The van der Waals surface area contributed by atoms with E-state index in [1.165, 1.54) is 23.8 Å². The van der Waals surface area contributed by atoms with Crippen molar-refractivity contribution in [3.05, 3.63) is 82.0 Å². The number of carbonyl (C=O) groups excluding carboxylic acids is 1. The van der Waals surface area contributed by atoms with Crippen LogP contribution in [-0.2, 0) is 16.0 Å². The van der Waals surface area contributed by atoms with Crippen molar-refractivity contribution in [3.63, 3.8) is 0 Å². The summed E-state index contributed by atoms with van der Waals surface area (Å²) >= 11 is 0. The molecule has 0 radical (unpaired) electrons. The molecular weight excluding hydrogens is 665 g/mol. The van der Waals surface area contributed by atoms with Crippen molar-refractivity contribution in [2.45, 2.75) is 163 Å². The van der Waals surface area contributed by atoms with Crippen LogP contribution in [0.2, 0.25) is 36.3 Å². The summed E-state index contributed by atoms with van der Waals surface area (Å²) in [6.45, 7) is 31.3. The van der Waals surface area contributed by atoms with Crippen LogP contribution < -0.4 is 8.85 Å². The van der Waals surface area contributed by atoms with Crippen LogP contribution in [-0.4, -0.2) is 41.4 Å².